The zero-order valence-electron chi connectivity index (χ0n) is 13.1. The van der Waals surface area contributed by atoms with Gasteiger partial charge in [0.25, 0.3) is 0 Å². The molecule has 0 radical (unpaired) electrons. The summed E-state index contributed by atoms with van der Waals surface area (Å²) in [6.07, 6.45) is 0.957. The molecule has 0 aliphatic carbocycles. The average Bonchev–Trinajstić information content (AvgIpc) is 2.92. The molecule has 7 heteroatoms. The number of ether oxygens (including phenoxy) is 2. The van der Waals surface area contributed by atoms with Crippen molar-refractivity contribution in [3.63, 3.8) is 0 Å². The highest BCUT2D eigenvalue weighted by molar-refractivity contribution is 9.10. The minimum Gasteiger partial charge on any atom is -0.454 e. The van der Waals surface area contributed by atoms with E-state index < -0.39 is 0 Å². The number of halogens is 3. The van der Waals surface area contributed by atoms with E-state index in [4.69, 9.17) is 9.47 Å². The van der Waals surface area contributed by atoms with Gasteiger partial charge in [0.1, 0.15) is 0 Å². The van der Waals surface area contributed by atoms with Gasteiger partial charge in [-0.3, -0.25) is 4.90 Å². The van der Waals surface area contributed by atoms with Crippen molar-refractivity contribution in [2.24, 2.45) is 0 Å². The van der Waals surface area contributed by atoms with Gasteiger partial charge in [0.05, 0.1) is 0 Å². The summed E-state index contributed by atoms with van der Waals surface area (Å²) in [5, 5.41) is 3.41. The Morgan fingerprint density at radius 2 is 1.87 bits per heavy atom. The lowest BCUT2D eigenvalue weighted by atomic mass is 9.97. The van der Waals surface area contributed by atoms with Crippen molar-refractivity contribution >= 4 is 40.7 Å². The maximum absolute atomic E-state index is 5.54. The maximum atomic E-state index is 5.54. The Kier molecular flexibility index (Phi) is 8.18. The SMILES string of the molecule is C=C(C)C[C@@H](c1cc2c(cc1Br)OCO2)N1CCNCC1.Cl.Cl. The first-order valence-electron chi connectivity index (χ1n) is 7.33. The summed E-state index contributed by atoms with van der Waals surface area (Å²) in [4.78, 5) is 2.52. The zero-order valence-corrected chi connectivity index (χ0v) is 16.4. The average molecular weight is 426 g/mol. The molecule has 0 saturated carbocycles. The Labute approximate surface area is 158 Å². The number of fused-ring (bicyclic) bond motifs is 1. The molecule has 1 aromatic carbocycles. The molecule has 2 aliphatic heterocycles. The molecule has 2 heterocycles. The van der Waals surface area contributed by atoms with Gasteiger partial charge in [-0.25, -0.2) is 0 Å². The van der Waals surface area contributed by atoms with Crippen LogP contribution in [0.1, 0.15) is 24.9 Å². The molecule has 0 spiro atoms. The van der Waals surface area contributed by atoms with E-state index >= 15 is 0 Å². The lowest BCUT2D eigenvalue weighted by Crippen LogP contribution is -2.45. The molecule has 1 saturated heterocycles. The maximum Gasteiger partial charge on any atom is 0.231 e. The molecule has 0 aromatic heterocycles. The molecule has 0 unspecified atom stereocenters. The summed E-state index contributed by atoms with van der Waals surface area (Å²) < 4.78 is 12.1. The van der Waals surface area contributed by atoms with Crippen LogP contribution >= 0.6 is 40.7 Å². The number of benzene rings is 1. The summed E-state index contributed by atoms with van der Waals surface area (Å²) in [6, 6.07) is 4.46. The van der Waals surface area contributed by atoms with E-state index in [9.17, 15) is 0 Å². The van der Waals surface area contributed by atoms with E-state index in [1.54, 1.807) is 0 Å². The first-order valence-corrected chi connectivity index (χ1v) is 8.12. The topological polar surface area (TPSA) is 33.7 Å². The number of rotatable bonds is 4. The minimum absolute atomic E-state index is 0. The van der Waals surface area contributed by atoms with Crippen molar-refractivity contribution < 1.29 is 9.47 Å². The van der Waals surface area contributed by atoms with Crippen molar-refractivity contribution in [1.29, 1.82) is 0 Å². The van der Waals surface area contributed by atoms with Crippen LogP contribution in [0.25, 0.3) is 0 Å². The summed E-state index contributed by atoms with van der Waals surface area (Å²) in [6.45, 7) is 10.7. The first-order chi connectivity index (χ1) is 10.1. The van der Waals surface area contributed by atoms with Crippen LogP contribution in [0.15, 0.2) is 28.8 Å². The fourth-order valence-corrected chi connectivity index (χ4v) is 3.53. The van der Waals surface area contributed by atoms with Crippen LogP contribution in [0.4, 0.5) is 0 Å². The van der Waals surface area contributed by atoms with Crippen LogP contribution in [0.3, 0.4) is 0 Å². The van der Waals surface area contributed by atoms with Crippen LogP contribution in [-0.4, -0.2) is 37.9 Å². The van der Waals surface area contributed by atoms with Gasteiger partial charge in [0, 0.05) is 36.7 Å². The predicted octanol–water partition coefficient (Wildman–Crippen LogP) is 3.93. The summed E-state index contributed by atoms with van der Waals surface area (Å²) in [7, 11) is 0. The third-order valence-electron chi connectivity index (χ3n) is 3.99. The van der Waals surface area contributed by atoms with Crippen LogP contribution in [-0.2, 0) is 0 Å². The smallest absolute Gasteiger partial charge is 0.231 e. The van der Waals surface area contributed by atoms with Gasteiger partial charge >= 0.3 is 0 Å². The monoisotopic (exact) mass is 424 g/mol. The third-order valence-corrected chi connectivity index (χ3v) is 4.67. The van der Waals surface area contributed by atoms with Gasteiger partial charge in [0.2, 0.25) is 6.79 Å². The highest BCUT2D eigenvalue weighted by Gasteiger charge is 2.26. The Hall–Kier alpha value is -0.460. The van der Waals surface area contributed by atoms with Crippen molar-refractivity contribution in [1.82, 2.24) is 10.2 Å². The van der Waals surface area contributed by atoms with Crippen molar-refractivity contribution in [3.8, 4) is 11.5 Å². The van der Waals surface area contributed by atoms with Crippen molar-refractivity contribution in [3.05, 3.63) is 34.3 Å². The standard InChI is InChI=1S/C16H21BrN2O2.2ClH/c1-11(2)7-14(19-5-3-18-4-6-19)12-8-15-16(9-13(12)17)21-10-20-15;;/h8-9,14,18H,1,3-7,10H2,2H3;2*1H/t14-;;/m0../s1. The van der Waals surface area contributed by atoms with Crippen LogP contribution in [0.5, 0.6) is 11.5 Å². The Balaban J connectivity index is 0.00000132. The molecule has 1 N–H and O–H groups in total. The number of nitrogens with zero attached hydrogens (tertiary/aromatic N) is 1. The highest BCUT2D eigenvalue weighted by atomic mass is 79.9. The van der Waals surface area contributed by atoms with Gasteiger partial charge in [-0.05, 0) is 31.0 Å². The van der Waals surface area contributed by atoms with E-state index in [1.165, 1.54) is 11.1 Å². The largest absolute Gasteiger partial charge is 0.454 e. The molecule has 1 aromatic rings. The number of hydrogen-bond acceptors (Lipinski definition) is 4. The van der Waals surface area contributed by atoms with Gasteiger partial charge in [0.15, 0.2) is 11.5 Å². The number of nitrogens with one attached hydrogen (secondary N) is 1. The van der Waals surface area contributed by atoms with Crippen LogP contribution < -0.4 is 14.8 Å². The van der Waals surface area contributed by atoms with Gasteiger partial charge in [-0.15, -0.1) is 31.4 Å². The molecule has 1 fully saturated rings. The van der Waals surface area contributed by atoms with Gasteiger partial charge in [-0.2, -0.15) is 0 Å². The molecule has 2 aliphatic rings. The Morgan fingerprint density at radius 1 is 1.26 bits per heavy atom. The summed E-state index contributed by atoms with van der Waals surface area (Å²) in [5.74, 6) is 1.66. The summed E-state index contributed by atoms with van der Waals surface area (Å²) >= 11 is 3.70. The molecule has 0 bridgehead atoms. The van der Waals surface area contributed by atoms with E-state index in [1.807, 2.05) is 6.07 Å². The van der Waals surface area contributed by atoms with Crippen LogP contribution in [0.2, 0.25) is 0 Å². The second-order valence-corrected chi connectivity index (χ2v) is 6.54. The lowest BCUT2D eigenvalue weighted by Gasteiger charge is -2.36. The predicted molar refractivity (Wildman–Crippen MR) is 101 cm³/mol. The number of hydrogen-bond donors (Lipinski definition) is 1. The summed E-state index contributed by atoms with van der Waals surface area (Å²) in [5.41, 5.74) is 2.45. The molecule has 130 valence electrons. The van der Waals surface area contributed by atoms with Crippen molar-refractivity contribution in [2.45, 2.75) is 19.4 Å². The fourth-order valence-electron chi connectivity index (χ4n) is 2.95. The third kappa shape index (κ3) is 4.77. The molecule has 3 rings (SSSR count). The highest BCUT2D eigenvalue weighted by Crippen LogP contribution is 2.41. The van der Waals surface area contributed by atoms with E-state index in [0.717, 1.165) is 48.6 Å². The normalized spacial score (nSPS) is 17.8. The molecule has 0 amide bonds. The molecular formula is C16H23BrCl2N2O2. The molecule has 1 atom stereocenters. The van der Waals surface area contributed by atoms with E-state index in [0.29, 0.717) is 12.8 Å². The number of piperazine rings is 1. The lowest BCUT2D eigenvalue weighted by molar-refractivity contribution is 0.169. The Bertz CT molecular complexity index is 551. The second kappa shape index (κ2) is 9.14. The second-order valence-electron chi connectivity index (χ2n) is 5.69. The Morgan fingerprint density at radius 3 is 2.48 bits per heavy atom. The minimum atomic E-state index is 0. The zero-order chi connectivity index (χ0) is 14.8. The van der Waals surface area contributed by atoms with Crippen molar-refractivity contribution in [2.75, 3.05) is 33.0 Å². The van der Waals surface area contributed by atoms with Gasteiger partial charge in [-0.1, -0.05) is 21.5 Å². The van der Waals surface area contributed by atoms with Gasteiger partial charge < -0.3 is 14.8 Å². The molecule has 23 heavy (non-hydrogen) atoms. The van der Waals surface area contributed by atoms with E-state index in [-0.39, 0.29) is 24.8 Å². The van der Waals surface area contributed by atoms with Crippen LogP contribution in [0, 0.1) is 0 Å². The molecule has 4 nitrogen and oxygen atoms in total. The quantitative estimate of drug-likeness (QED) is 0.741. The fraction of sp³-hybridized carbons (Fsp3) is 0.500. The molecular weight excluding hydrogens is 403 g/mol. The van der Waals surface area contributed by atoms with E-state index in [2.05, 4.69) is 45.7 Å². The first kappa shape index (κ1) is 20.6.